The first-order valence-corrected chi connectivity index (χ1v) is 5.75. The lowest BCUT2D eigenvalue weighted by atomic mass is 10.2. The summed E-state index contributed by atoms with van der Waals surface area (Å²) < 4.78 is 2.11. The summed E-state index contributed by atoms with van der Waals surface area (Å²) in [7, 11) is 0. The number of aromatic nitrogens is 3. The Morgan fingerprint density at radius 3 is 2.86 bits per heavy atom. The second-order valence-corrected chi connectivity index (χ2v) is 4.30. The average molecular weight is 214 g/mol. The fraction of sp³-hybridized carbons (Fsp3) is 0.800. The predicted octanol–water partition coefficient (Wildman–Crippen LogP) is 2.86. The standard InChI is InChI=1S/C10H16ClN3/c1-3-5-7-6-8(7)14-9(4-2)12-13-10(14)11/h7-8H,3-6H2,1-2H3. The number of nitrogens with zero attached hydrogens (tertiary/aromatic N) is 3. The molecule has 1 saturated carbocycles. The van der Waals surface area contributed by atoms with E-state index in [-0.39, 0.29) is 0 Å². The van der Waals surface area contributed by atoms with Crippen molar-refractivity contribution in [2.45, 2.75) is 45.6 Å². The first kappa shape index (κ1) is 9.97. The van der Waals surface area contributed by atoms with E-state index in [2.05, 4.69) is 28.6 Å². The van der Waals surface area contributed by atoms with Crippen molar-refractivity contribution in [2.24, 2.45) is 5.92 Å². The van der Waals surface area contributed by atoms with E-state index in [0.717, 1.165) is 18.2 Å². The highest BCUT2D eigenvalue weighted by Gasteiger charge is 2.40. The Bertz CT molecular complexity index is 321. The summed E-state index contributed by atoms with van der Waals surface area (Å²) in [6.45, 7) is 4.32. The summed E-state index contributed by atoms with van der Waals surface area (Å²) in [5.74, 6) is 1.83. The van der Waals surface area contributed by atoms with Crippen LogP contribution < -0.4 is 0 Å². The minimum Gasteiger partial charge on any atom is -0.298 e. The molecule has 78 valence electrons. The lowest BCUT2D eigenvalue weighted by Crippen LogP contribution is -2.02. The molecule has 0 radical (unpaired) electrons. The summed E-state index contributed by atoms with van der Waals surface area (Å²) >= 11 is 6.01. The zero-order valence-electron chi connectivity index (χ0n) is 8.70. The molecule has 1 aromatic heterocycles. The second kappa shape index (κ2) is 3.89. The van der Waals surface area contributed by atoms with Gasteiger partial charge in [0, 0.05) is 12.5 Å². The Balaban J connectivity index is 2.13. The Morgan fingerprint density at radius 1 is 1.43 bits per heavy atom. The Kier molecular flexibility index (Phi) is 2.77. The molecule has 3 nitrogen and oxygen atoms in total. The maximum Gasteiger partial charge on any atom is 0.225 e. The Labute approximate surface area is 89.5 Å². The van der Waals surface area contributed by atoms with Gasteiger partial charge in [-0.25, -0.2) is 0 Å². The van der Waals surface area contributed by atoms with Crippen molar-refractivity contribution in [2.75, 3.05) is 0 Å². The Hall–Kier alpha value is -0.570. The summed E-state index contributed by atoms with van der Waals surface area (Å²) in [6.07, 6.45) is 4.71. The van der Waals surface area contributed by atoms with Gasteiger partial charge in [0.1, 0.15) is 5.82 Å². The van der Waals surface area contributed by atoms with Crippen molar-refractivity contribution in [1.82, 2.24) is 14.8 Å². The number of rotatable bonds is 4. The molecule has 0 spiro atoms. The van der Waals surface area contributed by atoms with Crippen molar-refractivity contribution in [3.05, 3.63) is 11.1 Å². The molecule has 0 amide bonds. The van der Waals surface area contributed by atoms with E-state index in [1.807, 2.05) is 0 Å². The molecule has 0 bridgehead atoms. The molecule has 1 fully saturated rings. The molecule has 0 aliphatic heterocycles. The molecule has 4 heteroatoms. The quantitative estimate of drug-likeness (QED) is 0.770. The minimum atomic E-state index is 0.561. The molecule has 2 unspecified atom stereocenters. The van der Waals surface area contributed by atoms with Gasteiger partial charge in [-0.2, -0.15) is 0 Å². The molecular formula is C10H16ClN3. The highest BCUT2D eigenvalue weighted by molar-refractivity contribution is 6.28. The fourth-order valence-corrected chi connectivity index (χ4v) is 2.36. The maximum atomic E-state index is 6.01. The molecule has 2 atom stereocenters. The number of aryl methyl sites for hydroxylation is 1. The van der Waals surface area contributed by atoms with Crippen LogP contribution in [0.3, 0.4) is 0 Å². The van der Waals surface area contributed by atoms with Crippen LogP contribution in [0.1, 0.15) is 45.0 Å². The minimum absolute atomic E-state index is 0.561. The lowest BCUT2D eigenvalue weighted by molar-refractivity contribution is 0.589. The van der Waals surface area contributed by atoms with Crippen LogP contribution in [0.5, 0.6) is 0 Å². The molecule has 14 heavy (non-hydrogen) atoms. The smallest absolute Gasteiger partial charge is 0.225 e. The van der Waals surface area contributed by atoms with Crippen LogP contribution >= 0.6 is 11.6 Å². The molecule has 1 heterocycles. The third-order valence-corrected chi connectivity index (χ3v) is 3.18. The zero-order chi connectivity index (χ0) is 10.1. The summed E-state index contributed by atoms with van der Waals surface area (Å²) in [6, 6.07) is 0.576. The topological polar surface area (TPSA) is 30.7 Å². The zero-order valence-corrected chi connectivity index (χ0v) is 9.46. The summed E-state index contributed by atoms with van der Waals surface area (Å²) in [5.41, 5.74) is 0. The van der Waals surface area contributed by atoms with Crippen LogP contribution in [0.4, 0.5) is 0 Å². The van der Waals surface area contributed by atoms with Gasteiger partial charge >= 0.3 is 0 Å². The van der Waals surface area contributed by atoms with Crippen molar-refractivity contribution < 1.29 is 0 Å². The lowest BCUT2D eigenvalue weighted by Gasteiger charge is -2.04. The van der Waals surface area contributed by atoms with Crippen LogP contribution in [0.15, 0.2) is 0 Å². The van der Waals surface area contributed by atoms with Gasteiger partial charge in [0.05, 0.1) is 0 Å². The summed E-state index contributed by atoms with van der Waals surface area (Å²) in [4.78, 5) is 0. The Morgan fingerprint density at radius 2 is 2.21 bits per heavy atom. The van der Waals surface area contributed by atoms with Crippen molar-refractivity contribution in [1.29, 1.82) is 0 Å². The monoisotopic (exact) mass is 213 g/mol. The van der Waals surface area contributed by atoms with Crippen LogP contribution in [0.2, 0.25) is 5.28 Å². The van der Waals surface area contributed by atoms with Gasteiger partial charge in [-0.05, 0) is 30.4 Å². The largest absolute Gasteiger partial charge is 0.298 e. The molecule has 0 saturated heterocycles. The van der Waals surface area contributed by atoms with Gasteiger partial charge in [-0.15, -0.1) is 10.2 Å². The van der Waals surface area contributed by atoms with Crippen LogP contribution in [-0.2, 0) is 6.42 Å². The van der Waals surface area contributed by atoms with E-state index in [9.17, 15) is 0 Å². The molecular weight excluding hydrogens is 198 g/mol. The third kappa shape index (κ3) is 1.65. The van der Waals surface area contributed by atoms with Gasteiger partial charge < -0.3 is 0 Å². The molecule has 1 aliphatic carbocycles. The molecule has 1 aliphatic rings. The highest BCUT2D eigenvalue weighted by Crippen LogP contribution is 2.47. The molecule has 0 aromatic carbocycles. The first-order valence-electron chi connectivity index (χ1n) is 5.37. The molecule has 2 rings (SSSR count). The van der Waals surface area contributed by atoms with Gasteiger partial charge in [0.25, 0.3) is 0 Å². The number of halogens is 1. The van der Waals surface area contributed by atoms with Crippen molar-refractivity contribution in [3.8, 4) is 0 Å². The fourth-order valence-electron chi connectivity index (χ4n) is 2.10. The summed E-state index contributed by atoms with van der Waals surface area (Å²) in [5, 5.41) is 8.55. The van der Waals surface area contributed by atoms with Crippen LogP contribution in [0.25, 0.3) is 0 Å². The van der Waals surface area contributed by atoms with Gasteiger partial charge in [-0.3, -0.25) is 4.57 Å². The molecule has 0 N–H and O–H groups in total. The third-order valence-electron chi connectivity index (χ3n) is 2.92. The van der Waals surface area contributed by atoms with E-state index in [1.165, 1.54) is 19.3 Å². The van der Waals surface area contributed by atoms with Crippen molar-refractivity contribution in [3.63, 3.8) is 0 Å². The van der Waals surface area contributed by atoms with E-state index >= 15 is 0 Å². The van der Waals surface area contributed by atoms with E-state index < -0.39 is 0 Å². The first-order chi connectivity index (χ1) is 6.77. The predicted molar refractivity (Wildman–Crippen MR) is 56.5 cm³/mol. The van der Waals surface area contributed by atoms with Crippen molar-refractivity contribution >= 4 is 11.6 Å². The van der Waals surface area contributed by atoms with E-state index in [1.54, 1.807) is 0 Å². The maximum absolute atomic E-state index is 6.01. The van der Waals surface area contributed by atoms with Crippen LogP contribution in [0, 0.1) is 5.92 Å². The highest BCUT2D eigenvalue weighted by atomic mass is 35.5. The number of hydrogen-bond acceptors (Lipinski definition) is 2. The van der Waals surface area contributed by atoms with E-state index in [0.29, 0.717) is 11.3 Å². The molecule has 1 aromatic rings. The number of hydrogen-bond donors (Lipinski definition) is 0. The SMILES string of the molecule is CCCC1CC1n1c(Cl)nnc1CC. The normalized spacial score (nSPS) is 25.4. The van der Waals surface area contributed by atoms with E-state index in [4.69, 9.17) is 11.6 Å². The average Bonchev–Trinajstić information content (AvgIpc) is 2.82. The van der Waals surface area contributed by atoms with Gasteiger partial charge in [-0.1, -0.05) is 20.3 Å². The van der Waals surface area contributed by atoms with Crippen LogP contribution in [-0.4, -0.2) is 14.8 Å². The van der Waals surface area contributed by atoms with Gasteiger partial charge in [0.15, 0.2) is 0 Å². The second-order valence-electron chi connectivity index (χ2n) is 3.96. The van der Waals surface area contributed by atoms with Gasteiger partial charge in [0.2, 0.25) is 5.28 Å².